The Morgan fingerprint density at radius 2 is 2.19 bits per heavy atom. The molecule has 3 aliphatic heterocycles. The lowest BCUT2D eigenvalue weighted by Crippen LogP contribution is -2.57. The van der Waals surface area contributed by atoms with Crippen LogP contribution in [0.15, 0.2) is 22.4 Å². The van der Waals surface area contributed by atoms with Gasteiger partial charge in [0.05, 0.1) is 10.2 Å². The van der Waals surface area contributed by atoms with Crippen molar-refractivity contribution >= 4 is 27.5 Å². The van der Waals surface area contributed by atoms with E-state index in [-0.39, 0.29) is 22.9 Å². The number of aromatic amines is 1. The lowest BCUT2D eigenvalue weighted by atomic mass is 9.84. The summed E-state index contributed by atoms with van der Waals surface area (Å²) in [7, 11) is 0. The summed E-state index contributed by atoms with van der Waals surface area (Å²) >= 11 is 1.37. The number of rotatable bonds is 2. The van der Waals surface area contributed by atoms with Gasteiger partial charge in [0.1, 0.15) is 5.56 Å². The summed E-state index contributed by atoms with van der Waals surface area (Å²) in [6.07, 6.45) is 3.82. The number of nitrogens with one attached hydrogen (secondary N) is 2. The van der Waals surface area contributed by atoms with Crippen molar-refractivity contribution in [2.75, 3.05) is 19.6 Å². The van der Waals surface area contributed by atoms with E-state index in [4.69, 9.17) is 0 Å². The number of hydrogen-bond acceptors (Lipinski definition) is 4. The normalized spacial score (nSPS) is 27.9. The van der Waals surface area contributed by atoms with Gasteiger partial charge in [-0.05, 0) is 43.3 Å². The first-order valence-corrected chi connectivity index (χ1v) is 8.22. The number of carbonyl (C=O) groups excluding carboxylic acids is 1. The van der Waals surface area contributed by atoms with Crippen molar-refractivity contribution in [1.82, 2.24) is 15.2 Å². The fraction of sp³-hybridized carbons (Fsp3) is 0.467. The molecular formula is C15H17N3O2S. The largest absolute Gasteiger partial charge is 0.359 e. The van der Waals surface area contributed by atoms with Crippen LogP contribution in [0.25, 0.3) is 10.2 Å². The molecule has 0 unspecified atom stereocenters. The Labute approximate surface area is 126 Å². The Morgan fingerprint density at radius 3 is 2.90 bits per heavy atom. The molecule has 0 saturated carbocycles. The Morgan fingerprint density at radius 1 is 1.38 bits per heavy atom. The third-order valence-electron chi connectivity index (χ3n) is 4.71. The third kappa shape index (κ3) is 2.18. The van der Waals surface area contributed by atoms with E-state index in [1.54, 1.807) is 0 Å². The molecule has 1 atom stereocenters. The topological polar surface area (TPSA) is 65.2 Å². The zero-order valence-electron chi connectivity index (χ0n) is 11.6. The summed E-state index contributed by atoms with van der Waals surface area (Å²) < 4.78 is 0.622. The number of carbonyl (C=O) groups is 1. The smallest absolute Gasteiger partial charge is 0.257 e. The van der Waals surface area contributed by atoms with Crippen LogP contribution >= 0.6 is 11.3 Å². The van der Waals surface area contributed by atoms with Crippen LogP contribution in [0, 0.1) is 5.92 Å². The van der Waals surface area contributed by atoms with Gasteiger partial charge in [-0.3, -0.25) is 9.59 Å². The SMILES string of the molecule is O=C(N[C@@H]1CN2CCC1CC2)c1c[nH]c2ccsc2c1=O. The zero-order valence-corrected chi connectivity index (χ0v) is 12.4. The molecule has 0 aromatic carbocycles. The van der Waals surface area contributed by atoms with E-state index < -0.39 is 0 Å². The number of piperidine rings is 3. The first-order chi connectivity index (χ1) is 10.2. The van der Waals surface area contributed by atoms with Gasteiger partial charge in [0.25, 0.3) is 5.91 Å². The molecule has 2 N–H and O–H groups in total. The van der Waals surface area contributed by atoms with Gasteiger partial charge in [-0.25, -0.2) is 0 Å². The highest BCUT2D eigenvalue weighted by Gasteiger charge is 2.35. The van der Waals surface area contributed by atoms with Gasteiger partial charge in [0, 0.05) is 18.8 Å². The molecular weight excluding hydrogens is 286 g/mol. The van der Waals surface area contributed by atoms with Crippen molar-refractivity contribution in [1.29, 1.82) is 0 Å². The molecule has 2 bridgehead atoms. The average molecular weight is 303 g/mol. The summed E-state index contributed by atoms with van der Waals surface area (Å²) in [5.41, 5.74) is 0.850. The molecule has 6 heteroatoms. The van der Waals surface area contributed by atoms with Gasteiger partial charge in [0.2, 0.25) is 5.43 Å². The van der Waals surface area contributed by atoms with E-state index in [0.717, 1.165) is 38.0 Å². The third-order valence-corrected chi connectivity index (χ3v) is 5.62. The Bertz CT molecular complexity index is 743. The molecule has 110 valence electrons. The molecule has 2 aromatic rings. The standard InChI is InChI=1S/C15H17N3O2S/c19-13-10(7-16-11-3-6-21-14(11)13)15(20)17-12-8-18-4-1-9(12)2-5-18/h3,6-7,9,12H,1-2,4-5,8H2,(H,16,19)(H,17,20)/t12-/m1/s1. The second-order valence-electron chi connectivity index (χ2n) is 5.91. The molecule has 0 spiro atoms. The maximum atomic E-state index is 12.4. The van der Waals surface area contributed by atoms with E-state index in [9.17, 15) is 9.59 Å². The molecule has 3 aliphatic rings. The van der Waals surface area contributed by atoms with Gasteiger partial charge >= 0.3 is 0 Å². The molecule has 2 aromatic heterocycles. The molecule has 0 radical (unpaired) electrons. The predicted molar refractivity (Wildman–Crippen MR) is 82.9 cm³/mol. The van der Waals surface area contributed by atoms with Crippen LogP contribution in [0.3, 0.4) is 0 Å². The van der Waals surface area contributed by atoms with Crippen LogP contribution in [0.5, 0.6) is 0 Å². The monoisotopic (exact) mass is 303 g/mol. The van der Waals surface area contributed by atoms with E-state index in [1.807, 2.05) is 11.4 Å². The summed E-state index contributed by atoms with van der Waals surface area (Å²) in [6.45, 7) is 3.19. The molecule has 3 saturated heterocycles. The number of H-pyrrole nitrogens is 1. The van der Waals surface area contributed by atoms with Crippen molar-refractivity contribution in [2.24, 2.45) is 5.92 Å². The lowest BCUT2D eigenvalue weighted by molar-refractivity contribution is 0.0620. The molecule has 5 heterocycles. The molecule has 21 heavy (non-hydrogen) atoms. The average Bonchev–Trinajstić information content (AvgIpc) is 2.98. The molecule has 0 aliphatic carbocycles. The number of pyridine rings is 1. The maximum absolute atomic E-state index is 12.4. The predicted octanol–water partition coefficient (Wildman–Crippen LogP) is 1.41. The van der Waals surface area contributed by atoms with Crippen LogP contribution in [0.1, 0.15) is 23.2 Å². The number of fused-ring (bicyclic) bond motifs is 4. The maximum Gasteiger partial charge on any atom is 0.257 e. The van der Waals surface area contributed by atoms with Gasteiger partial charge in [-0.1, -0.05) is 0 Å². The van der Waals surface area contributed by atoms with Crippen LogP contribution in [-0.4, -0.2) is 41.5 Å². The van der Waals surface area contributed by atoms with Gasteiger partial charge in [-0.15, -0.1) is 11.3 Å². The van der Waals surface area contributed by atoms with Crippen LogP contribution < -0.4 is 10.7 Å². The van der Waals surface area contributed by atoms with Gasteiger partial charge < -0.3 is 15.2 Å². The van der Waals surface area contributed by atoms with E-state index >= 15 is 0 Å². The number of hydrogen-bond donors (Lipinski definition) is 2. The first kappa shape index (κ1) is 13.0. The van der Waals surface area contributed by atoms with Crippen molar-refractivity contribution in [2.45, 2.75) is 18.9 Å². The number of nitrogens with zero attached hydrogens (tertiary/aromatic N) is 1. The Balaban J connectivity index is 1.59. The zero-order chi connectivity index (χ0) is 14.4. The van der Waals surface area contributed by atoms with Crippen molar-refractivity contribution in [3.63, 3.8) is 0 Å². The highest BCUT2D eigenvalue weighted by Crippen LogP contribution is 2.27. The molecule has 5 nitrogen and oxygen atoms in total. The van der Waals surface area contributed by atoms with E-state index in [2.05, 4.69) is 15.2 Å². The Hall–Kier alpha value is -1.66. The second-order valence-corrected chi connectivity index (χ2v) is 6.83. The minimum absolute atomic E-state index is 0.169. The van der Waals surface area contributed by atoms with E-state index in [0.29, 0.717) is 10.6 Å². The van der Waals surface area contributed by atoms with Crippen LogP contribution in [-0.2, 0) is 0 Å². The minimum atomic E-state index is -0.245. The van der Waals surface area contributed by atoms with Crippen molar-refractivity contribution in [3.8, 4) is 0 Å². The highest BCUT2D eigenvalue weighted by molar-refractivity contribution is 7.17. The fourth-order valence-corrected chi connectivity index (χ4v) is 4.29. The van der Waals surface area contributed by atoms with Crippen molar-refractivity contribution < 1.29 is 4.79 Å². The van der Waals surface area contributed by atoms with Crippen LogP contribution in [0.2, 0.25) is 0 Å². The summed E-state index contributed by atoms with van der Waals surface area (Å²) in [6, 6.07) is 2.04. The quantitative estimate of drug-likeness (QED) is 0.882. The molecule has 1 amide bonds. The van der Waals surface area contributed by atoms with Crippen molar-refractivity contribution in [3.05, 3.63) is 33.4 Å². The molecule has 5 rings (SSSR count). The van der Waals surface area contributed by atoms with Gasteiger partial charge in [-0.2, -0.15) is 0 Å². The summed E-state index contributed by atoms with van der Waals surface area (Å²) in [4.78, 5) is 30.2. The second kappa shape index (κ2) is 4.96. The van der Waals surface area contributed by atoms with Gasteiger partial charge in [0.15, 0.2) is 0 Å². The lowest BCUT2D eigenvalue weighted by Gasteiger charge is -2.44. The summed E-state index contributed by atoms with van der Waals surface area (Å²) in [5, 5.41) is 4.93. The van der Waals surface area contributed by atoms with Crippen LogP contribution in [0.4, 0.5) is 0 Å². The van der Waals surface area contributed by atoms with E-state index in [1.165, 1.54) is 17.5 Å². The number of thiophene rings is 1. The molecule has 3 fully saturated rings. The number of aromatic nitrogens is 1. The fourth-order valence-electron chi connectivity index (χ4n) is 3.48. The number of amides is 1. The summed E-state index contributed by atoms with van der Waals surface area (Å²) in [5.74, 6) is 0.314. The minimum Gasteiger partial charge on any atom is -0.359 e. The highest BCUT2D eigenvalue weighted by atomic mass is 32.1. The first-order valence-electron chi connectivity index (χ1n) is 7.34. The Kier molecular flexibility index (Phi) is 3.08.